The number of carbonyl (C=O) groups excluding carboxylic acids is 3. The predicted octanol–water partition coefficient (Wildman–Crippen LogP) is 2.76. The summed E-state index contributed by atoms with van der Waals surface area (Å²) in [5, 5.41) is 24.2. The lowest BCUT2D eigenvalue weighted by atomic mass is 10.00. The normalized spacial score (nSPS) is 17.5. The minimum Gasteiger partial charge on any atom is -0.380 e. The SMILES string of the molecule is CC(NC(=O)[C@H](O)[C@@H](O)C(=O)N1CCCC1c1cccc(Cl)c1)c1ccc(-c2ccccc2C(N)=O)cn1. The van der Waals surface area contributed by atoms with Crippen molar-refractivity contribution >= 4 is 29.3 Å². The van der Waals surface area contributed by atoms with Crippen LogP contribution >= 0.6 is 11.6 Å². The first-order valence-electron chi connectivity index (χ1n) is 12.2. The Morgan fingerprint density at radius 3 is 2.53 bits per heavy atom. The number of halogens is 1. The second kappa shape index (κ2) is 11.7. The molecular weight excluding hydrogens is 508 g/mol. The number of amides is 3. The number of rotatable bonds is 8. The molecule has 1 aromatic heterocycles. The minimum absolute atomic E-state index is 0.299. The Balaban J connectivity index is 1.40. The van der Waals surface area contributed by atoms with Gasteiger partial charge in [0.2, 0.25) is 5.91 Å². The molecule has 1 fully saturated rings. The highest BCUT2D eigenvalue weighted by Gasteiger charge is 2.38. The topological polar surface area (TPSA) is 146 Å². The van der Waals surface area contributed by atoms with Crippen molar-refractivity contribution in [2.75, 3.05) is 6.54 Å². The summed E-state index contributed by atoms with van der Waals surface area (Å²) in [5.41, 5.74) is 8.43. The molecule has 0 aliphatic carbocycles. The molecule has 0 saturated carbocycles. The Kier molecular flexibility index (Phi) is 8.41. The van der Waals surface area contributed by atoms with E-state index < -0.39 is 36.0 Å². The highest BCUT2D eigenvalue weighted by atomic mass is 35.5. The molecule has 3 aromatic rings. The maximum atomic E-state index is 13.0. The van der Waals surface area contributed by atoms with Crippen molar-refractivity contribution in [3.05, 3.63) is 88.7 Å². The van der Waals surface area contributed by atoms with Crippen LogP contribution in [0.1, 0.15) is 53.5 Å². The van der Waals surface area contributed by atoms with Crippen LogP contribution in [-0.2, 0) is 9.59 Å². The fraction of sp³-hybridized carbons (Fsp3) is 0.286. The molecule has 9 nitrogen and oxygen atoms in total. The van der Waals surface area contributed by atoms with E-state index in [0.717, 1.165) is 12.0 Å². The molecule has 2 unspecified atom stereocenters. The Labute approximate surface area is 225 Å². The van der Waals surface area contributed by atoms with E-state index in [0.29, 0.717) is 40.4 Å². The molecule has 5 N–H and O–H groups in total. The number of nitrogens with one attached hydrogen (secondary N) is 1. The van der Waals surface area contributed by atoms with Gasteiger partial charge >= 0.3 is 0 Å². The highest BCUT2D eigenvalue weighted by Crippen LogP contribution is 2.33. The van der Waals surface area contributed by atoms with Crippen molar-refractivity contribution in [3.8, 4) is 11.1 Å². The van der Waals surface area contributed by atoms with Crippen LogP contribution in [0, 0.1) is 0 Å². The lowest BCUT2D eigenvalue weighted by Crippen LogP contribution is -2.51. The van der Waals surface area contributed by atoms with Gasteiger partial charge in [0.1, 0.15) is 0 Å². The monoisotopic (exact) mass is 536 g/mol. The van der Waals surface area contributed by atoms with Gasteiger partial charge in [-0.25, -0.2) is 0 Å². The molecule has 2 heterocycles. The smallest absolute Gasteiger partial charge is 0.255 e. The summed E-state index contributed by atoms with van der Waals surface area (Å²) in [7, 11) is 0. The predicted molar refractivity (Wildman–Crippen MR) is 142 cm³/mol. The zero-order chi connectivity index (χ0) is 27.4. The fourth-order valence-electron chi connectivity index (χ4n) is 4.68. The van der Waals surface area contributed by atoms with Gasteiger partial charge in [-0.3, -0.25) is 19.4 Å². The zero-order valence-electron chi connectivity index (χ0n) is 20.8. The summed E-state index contributed by atoms with van der Waals surface area (Å²) in [5.74, 6) is -2.18. The van der Waals surface area contributed by atoms with E-state index in [9.17, 15) is 24.6 Å². The number of aliphatic hydroxyl groups excluding tert-OH is 2. The van der Waals surface area contributed by atoms with Gasteiger partial charge in [0.15, 0.2) is 12.2 Å². The quantitative estimate of drug-likeness (QED) is 0.348. The molecule has 38 heavy (non-hydrogen) atoms. The van der Waals surface area contributed by atoms with E-state index in [1.165, 1.54) is 4.90 Å². The van der Waals surface area contributed by atoms with Crippen LogP contribution in [0.15, 0.2) is 66.9 Å². The minimum atomic E-state index is -1.97. The molecule has 0 spiro atoms. The van der Waals surface area contributed by atoms with E-state index in [-0.39, 0.29) is 6.04 Å². The van der Waals surface area contributed by atoms with E-state index in [2.05, 4.69) is 10.3 Å². The van der Waals surface area contributed by atoms with Gasteiger partial charge in [-0.15, -0.1) is 0 Å². The average Bonchev–Trinajstić information content (AvgIpc) is 3.42. The molecule has 2 aromatic carbocycles. The maximum absolute atomic E-state index is 13.0. The van der Waals surface area contributed by atoms with Crippen LogP contribution < -0.4 is 11.1 Å². The third-order valence-electron chi connectivity index (χ3n) is 6.68. The Morgan fingerprint density at radius 1 is 1.08 bits per heavy atom. The number of hydrogen-bond donors (Lipinski definition) is 4. The summed E-state index contributed by atoms with van der Waals surface area (Å²) >= 11 is 6.09. The van der Waals surface area contributed by atoms with Gasteiger partial charge in [0.25, 0.3) is 11.8 Å². The largest absolute Gasteiger partial charge is 0.380 e. The number of primary amides is 1. The van der Waals surface area contributed by atoms with Crippen LogP contribution in [0.4, 0.5) is 0 Å². The molecule has 1 aliphatic heterocycles. The number of aromatic nitrogens is 1. The lowest BCUT2D eigenvalue weighted by Gasteiger charge is -2.29. The molecule has 198 valence electrons. The van der Waals surface area contributed by atoms with Gasteiger partial charge in [-0.05, 0) is 55.2 Å². The fourth-order valence-corrected chi connectivity index (χ4v) is 4.88. The Morgan fingerprint density at radius 2 is 1.84 bits per heavy atom. The highest BCUT2D eigenvalue weighted by molar-refractivity contribution is 6.30. The summed E-state index contributed by atoms with van der Waals surface area (Å²) in [6.07, 6.45) is -0.933. The number of hydrogen-bond acceptors (Lipinski definition) is 6. The third-order valence-corrected chi connectivity index (χ3v) is 6.92. The second-order valence-corrected chi connectivity index (χ2v) is 9.68. The number of pyridine rings is 1. The summed E-state index contributed by atoms with van der Waals surface area (Å²) in [6, 6.07) is 16.5. The van der Waals surface area contributed by atoms with Crippen molar-refractivity contribution in [1.29, 1.82) is 0 Å². The van der Waals surface area contributed by atoms with E-state index in [4.69, 9.17) is 17.3 Å². The number of benzene rings is 2. The number of likely N-dealkylation sites (tertiary alicyclic amines) is 1. The molecular formula is C28H29ClN4O5. The average molecular weight is 537 g/mol. The van der Waals surface area contributed by atoms with Crippen LogP contribution in [0.25, 0.3) is 11.1 Å². The molecule has 10 heteroatoms. The van der Waals surface area contributed by atoms with Crippen LogP contribution in [0.2, 0.25) is 5.02 Å². The summed E-state index contributed by atoms with van der Waals surface area (Å²) < 4.78 is 0. The van der Waals surface area contributed by atoms with Gasteiger partial charge < -0.3 is 26.2 Å². The van der Waals surface area contributed by atoms with Crippen molar-refractivity contribution in [2.24, 2.45) is 5.73 Å². The van der Waals surface area contributed by atoms with Crippen LogP contribution in [-0.4, -0.2) is 56.6 Å². The molecule has 0 bridgehead atoms. The zero-order valence-corrected chi connectivity index (χ0v) is 21.5. The first kappa shape index (κ1) is 27.3. The van der Waals surface area contributed by atoms with Crippen molar-refractivity contribution in [3.63, 3.8) is 0 Å². The number of carbonyl (C=O) groups is 3. The van der Waals surface area contributed by atoms with Crippen molar-refractivity contribution in [2.45, 2.75) is 44.1 Å². The molecule has 4 rings (SSSR count). The first-order valence-corrected chi connectivity index (χ1v) is 12.6. The third kappa shape index (κ3) is 5.85. The van der Waals surface area contributed by atoms with E-state index in [1.54, 1.807) is 67.7 Å². The molecule has 0 radical (unpaired) electrons. The van der Waals surface area contributed by atoms with Gasteiger partial charge in [0.05, 0.1) is 17.8 Å². The van der Waals surface area contributed by atoms with Crippen LogP contribution in [0.5, 0.6) is 0 Å². The number of nitrogens with zero attached hydrogens (tertiary/aromatic N) is 2. The van der Waals surface area contributed by atoms with E-state index >= 15 is 0 Å². The lowest BCUT2D eigenvalue weighted by molar-refractivity contribution is -0.154. The summed E-state index contributed by atoms with van der Waals surface area (Å²) in [4.78, 5) is 43.3. The second-order valence-electron chi connectivity index (χ2n) is 9.25. The first-order chi connectivity index (χ1) is 18.2. The molecule has 3 amide bonds. The van der Waals surface area contributed by atoms with Gasteiger partial charge in [-0.2, -0.15) is 0 Å². The molecule has 4 atom stereocenters. The molecule has 1 aliphatic rings. The standard InChI is InChI=1S/C28H29ClN4O5/c1-16(22-12-11-18(15-31-22)20-8-2-3-9-21(20)26(30)36)32-27(37)24(34)25(35)28(38)33-13-5-10-23(33)17-6-4-7-19(29)14-17/h2-4,6-9,11-12,14-16,23-25,34-35H,5,10,13H2,1H3,(H2,30,36)(H,32,37)/t16?,23?,24-,25-/m1/s1. The van der Waals surface area contributed by atoms with Gasteiger partial charge in [0, 0.05) is 28.9 Å². The maximum Gasteiger partial charge on any atom is 0.255 e. The van der Waals surface area contributed by atoms with Crippen LogP contribution in [0.3, 0.4) is 0 Å². The molecule has 1 saturated heterocycles. The van der Waals surface area contributed by atoms with Crippen molar-refractivity contribution in [1.82, 2.24) is 15.2 Å². The number of aliphatic hydroxyl groups is 2. The number of nitrogens with two attached hydrogens (primary N) is 1. The van der Waals surface area contributed by atoms with E-state index in [1.807, 2.05) is 6.07 Å². The summed E-state index contributed by atoms with van der Waals surface area (Å²) in [6.45, 7) is 2.06. The Hall–Kier alpha value is -3.79. The van der Waals surface area contributed by atoms with Gasteiger partial charge in [-0.1, -0.05) is 48.0 Å². The Bertz CT molecular complexity index is 1330. The van der Waals surface area contributed by atoms with Crippen molar-refractivity contribution < 1.29 is 24.6 Å².